The van der Waals surface area contributed by atoms with Gasteiger partial charge in [0.1, 0.15) is 5.82 Å². The topological polar surface area (TPSA) is 83.0 Å². The van der Waals surface area contributed by atoms with Gasteiger partial charge in [0.05, 0.1) is 18.3 Å². The first-order valence-electron chi connectivity index (χ1n) is 8.74. The highest BCUT2D eigenvalue weighted by Gasteiger charge is 2.15. The van der Waals surface area contributed by atoms with E-state index in [1.165, 1.54) is 0 Å². The van der Waals surface area contributed by atoms with E-state index in [0.29, 0.717) is 16.8 Å². The second kappa shape index (κ2) is 8.79. The van der Waals surface area contributed by atoms with Crippen molar-refractivity contribution in [2.24, 2.45) is 5.92 Å². The molecule has 0 aliphatic rings. The number of benzene rings is 1. The molecule has 3 aromatic rings. The first kappa shape index (κ1) is 19.1. The summed E-state index contributed by atoms with van der Waals surface area (Å²) in [5.41, 5.74) is 2.43. The van der Waals surface area contributed by atoms with Crippen LogP contribution in [0.25, 0.3) is 11.3 Å². The molecule has 2 heterocycles. The minimum Gasteiger partial charge on any atom is -0.394 e. The molecule has 140 valence electrons. The highest BCUT2D eigenvalue weighted by Crippen LogP contribution is 2.25. The van der Waals surface area contributed by atoms with Gasteiger partial charge in [0, 0.05) is 34.7 Å². The van der Waals surface area contributed by atoms with E-state index in [-0.39, 0.29) is 18.6 Å². The Bertz CT molecular complexity index is 889. The molecular weight excluding hydrogens is 362 g/mol. The summed E-state index contributed by atoms with van der Waals surface area (Å²) >= 11 is 6.07. The Morgan fingerprint density at radius 2 is 1.96 bits per heavy atom. The van der Waals surface area contributed by atoms with Gasteiger partial charge in [0.15, 0.2) is 0 Å². The van der Waals surface area contributed by atoms with Crippen molar-refractivity contribution in [2.75, 3.05) is 17.2 Å². The van der Waals surface area contributed by atoms with E-state index in [0.717, 1.165) is 16.9 Å². The Hall–Kier alpha value is -2.70. The highest BCUT2D eigenvalue weighted by atomic mass is 35.5. The van der Waals surface area contributed by atoms with Crippen LogP contribution in [0, 0.1) is 5.92 Å². The third-order valence-electron chi connectivity index (χ3n) is 4.10. The van der Waals surface area contributed by atoms with Crippen LogP contribution in [0.15, 0.2) is 54.9 Å². The number of aliphatic hydroxyl groups excluding tert-OH is 1. The number of nitrogens with one attached hydrogen (secondary N) is 2. The van der Waals surface area contributed by atoms with E-state index >= 15 is 0 Å². The van der Waals surface area contributed by atoms with Crippen LogP contribution in [0.2, 0.25) is 5.02 Å². The van der Waals surface area contributed by atoms with Gasteiger partial charge in [-0.1, -0.05) is 31.5 Å². The Labute approximate surface area is 163 Å². The first-order valence-corrected chi connectivity index (χ1v) is 9.12. The zero-order chi connectivity index (χ0) is 19.2. The minimum atomic E-state index is -0.145. The molecule has 0 fully saturated rings. The molecule has 2 aromatic heterocycles. The normalized spacial score (nSPS) is 12.0. The molecule has 0 saturated carbocycles. The van der Waals surface area contributed by atoms with Crippen molar-refractivity contribution in [3.8, 4) is 11.3 Å². The Kier molecular flexibility index (Phi) is 6.21. The SMILES string of the molecule is CC(C)[C@@H](CO)Nc1nc(Nc2cccc(Cl)c2)cc(-c2cccnc2)n1. The Morgan fingerprint density at radius 3 is 2.63 bits per heavy atom. The number of pyridine rings is 1. The third kappa shape index (κ3) is 5.15. The van der Waals surface area contributed by atoms with Crippen LogP contribution in [0.1, 0.15) is 13.8 Å². The molecule has 0 radical (unpaired) electrons. The third-order valence-corrected chi connectivity index (χ3v) is 4.33. The van der Waals surface area contributed by atoms with Gasteiger partial charge < -0.3 is 15.7 Å². The number of halogens is 1. The van der Waals surface area contributed by atoms with Gasteiger partial charge >= 0.3 is 0 Å². The van der Waals surface area contributed by atoms with Gasteiger partial charge in [-0.15, -0.1) is 0 Å². The lowest BCUT2D eigenvalue weighted by Gasteiger charge is -2.20. The monoisotopic (exact) mass is 383 g/mol. The van der Waals surface area contributed by atoms with Crippen LogP contribution in [0.4, 0.5) is 17.5 Å². The fourth-order valence-corrected chi connectivity index (χ4v) is 2.73. The first-order chi connectivity index (χ1) is 13.0. The largest absolute Gasteiger partial charge is 0.394 e. The van der Waals surface area contributed by atoms with Crippen molar-refractivity contribution >= 4 is 29.1 Å². The predicted octanol–water partition coefficient (Wildman–Crippen LogP) is 4.36. The maximum Gasteiger partial charge on any atom is 0.225 e. The molecule has 7 heteroatoms. The van der Waals surface area contributed by atoms with Crippen LogP contribution in [0.5, 0.6) is 0 Å². The molecule has 1 aromatic carbocycles. The van der Waals surface area contributed by atoms with Crippen LogP contribution >= 0.6 is 11.6 Å². The number of anilines is 3. The molecule has 27 heavy (non-hydrogen) atoms. The lowest BCUT2D eigenvalue weighted by Crippen LogP contribution is -2.30. The molecule has 1 atom stereocenters. The van der Waals surface area contributed by atoms with Gasteiger partial charge in [-0.2, -0.15) is 4.98 Å². The summed E-state index contributed by atoms with van der Waals surface area (Å²) in [6.07, 6.45) is 3.47. The molecule has 0 amide bonds. The molecule has 3 N–H and O–H groups in total. The van der Waals surface area contributed by atoms with Gasteiger partial charge in [-0.05, 0) is 36.2 Å². The van der Waals surface area contributed by atoms with E-state index in [1.807, 2.05) is 56.3 Å². The Morgan fingerprint density at radius 1 is 1.11 bits per heavy atom. The van der Waals surface area contributed by atoms with Crippen LogP contribution in [-0.4, -0.2) is 32.7 Å². The number of aliphatic hydroxyl groups is 1. The molecular formula is C20H22ClN5O. The van der Waals surface area contributed by atoms with Crippen LogP contribution < -0.4 is 10.6 Å². The maximum absolute atomic E-state index is 9.62. The molecule has 0 spiro atoms. The standard InChI is InChI=1S/C20H22ClN5O/c1-13(2)18(12-27)25-20-24-17(14-5-4-8-22-11-14)10-19(26-20)23-16-7-3-6-15(21)9-16/h3-11,13,18,27H,12H2,1-2H3,(H2,23,24,25,26)/t18-/m1/s1. The van der Waals surface area contributed by atoms with Crippen LogP contribution in [-0.2, 0) is 0 Å². The summed E-state index contributed by atoms with van der Waals surface area (Å²) in [5.74, 6) is 1.28. The summed E-state index contributed by atoms with van der Waals surface area (Å²) < 4.78 is 0. The van der Waals surface area contributed by atoms with Crippen molar-refractivity contribution < 1.29 is 5.11 Å². The van der Waals surface area contributed by atoms with E-state index in [1.54, 1.807) is 12.4 Å². The number of hydrogen-bond acceptors (Lipinski definition) is 6. The van der Waals surface area contributed by atoms with Crippen molar-refractivity contribution in [3.05, 3.63) is 59.9 Å². The second-order valence-electron chi connectivity index (χ2n) is 6.52. The minimum absolute atomic E-state index is 0.00476. The van der Waals surface area contributed by atoms with Crippen molar-refractivity contribution in [1.29, 1.82) is 0 Å². The number of rotatable bonds is 7. The van der Waals surface area contributed by atoms with Gasteiger partial charge in [-0.3, -0.25) is 4.98 Å². The Balaban J connectivity index is 1.97. The van der Waals surface area contributed by atoms with Crippen molar-refractivity contribution in [3.63, 3.8) is 0 Å². The van der Waals surface area contributed by atoms with Crippen molar-refractivity contribution in [2.45, 2.75) is 19.9 Å². The lowest BCUT2D eigenvalue weighted by atomic mass is 10.1. The fraction of sp³-hybridized carbons (Fsp3) is 0.250. The summed E-state index contributed by atoms with van der Waals surface area (Å²) in [4.78, 5) is 13.3. The predicted molar refractivity (Wildman–Crippen MR) is 109 cm³/mol. The molecule has 0 unspecified atom stereocenters. The molecule has 0 aliphatic carbocycles. The van der Waals surface area contributed by atoms with Gasteiger partial charge in [0.2, 0.25) is 5.95 Å². The maximum atomic E-state index is 9.62. The summed E-state index contributed by atoms with van der Waals surface area (Å²) in [6, 6.07) is 12.9. The van der Waals surface area contributed by atoms with Gasteiger partial charge in [0.25, 0.3) is 0 Å². The average molecular weight is 384 g/mol. The molecule has 6 nitrogen and oxygen atoms in total. The summed E-state index contributed by atoms with van der Waals surface area (Å²) in [6.45, 7) is 4.06. The van der Waals surface area contributed by atoms with E-state index in [9.17, 15) is 5.11 Å². The second-order valence-corrected chi connectivity index (χ2v) is 6.95. The molecule has 0 aliphatic heterocycles. The molecule has 0 bridgehead atoms. The number of aromatic nitrogens is 3. The lowest BCUT2D eigenvalue weighted by molar-refractivity contribution is 0.248. The zero-order valence-electron chi connectivity index (χ0n) is 15.2. The molecule has 0 saturated heterocycles. The number of hydrogen-bond donors (Lipinski definition) is 3. The van der Waals surface area contributed by atoms with Crippen LogP contribution in [0.3, 0.4) is 0 Å². The molecule has 3 rings (SSSR count). The van der Waals surface area contributed by atoms with E-state index in [2.05, 4.69) is 25.6 Å². The van der Waals surface area contributed by atoms with E-state index < -0.39 is 0 Å². The number of nitrogens with zero attached hydrogens (tertiary/aromatic N) is 3. The highest BCUT2D eigenvalue weighted by molar-refractivity contribution is 6.30. The van der Waals surface area contributed by atoms with Crippen molar-refractivity contribution in [1.82, 2.24) is 15.0 Å². The summed E-state index contributed by atoms with van der Waals surface area (Å²) in [7, 11) is 0. The fourth-order valence-electron chi connectivity index (χ4n) is 2.54. The zero-order valence-corrected chi connectivity index (χ0v) is 16.0. The quantitative estimate of drug-likeness (QED) is 0.562. The smallest absolute Gasteiger partial charge is 0.225 e. The summed E-state index contributed by atoms with van der Waals surface area (Å²) in [5, 5.41) is 16.7. The van der Waals surface area contributed by atoms with Gasteiger partial charge in [-0.25, -0.2) is 4.98 Å². The van der Waals surface area contributed by atoms with E-state index in [4.69, 9.17) is 11.6 Å². The average Bonchev–Trinajstić information content (AvgIpc) is 2.66.